The van der Waals surface area contributed by atoms with Crippen molar-refractivity contribution in [2.45, 2.75) is 73.6 Å². The van der Waals surface area contributed by atoms with Crippen molar-refractivity contribution < 1.29 is 4.79 Å². The number of rotatable bonds is 4. The van der Waals surface area contributed by atoms with E-state index in [1.165, 1.54) is 5.57 Å². The summed E-state index contributed by atoms with van der Waals surface area (Å²) in [5, 5.41) is 0. The van der Waals surface area contributed by atoms with Crippen molar-refractivity contribution >= 4 is 5.78 Å². The summed E-state index contributed by atoms with van der Waals surface area (Å²) < 4.78 is 0. The molecule has 1 heterocycles. The molecule has 0 N–H and O–H groups in total. The van der Waals surface area contributed by atoms with Crippen LogP contribution in [0.1, 0.15) is 89.0 Å². The highest BCUT2D eigenvalue weighted by Crippen LogP contribution is 2.40. The summed E-state index contributed by atoms with van der Waals surface area (Å²) in [5.74, 6) is 0.570. The summed E-state index contributed by atoms with van der Waals surface area (Å²) in [6, 6.07) is 3.99. The molecule has 1 aromatic heterocycles. The molecule has 2 heteroatoms. The standard InChI is InChI=1S/C20H27NO.C2H6/c1-6-8-15(9-7-2)12-16-10-11-17-18(21-16)14(3)13-20(4,5)19(17)22;1-2/h6,8-11,14H,7,12-13H2,1-5H3;1-2H3/b8-6-,15-9+;. The number of hydrogen-bond donors (Lipinski definition) is 0. The Morgan fingerprint density at radius 3 is 2.58 bits per heavy atom. The first-order chi connectivity index (χ1) is 11.4. The van der Waals surface area contributed by atoms with Crippen LogP contribution in [-0.2, 0) is 6.42 Å². The van der Waals surface area contributed by atoms with Crippen LogP contribution in [0.15, 0.2) is 35.9 Å². The molecule has 0 saturated heterocycles. The topological polar surface area (TPSA) is 30.0 Å². The zero-order valence-electron chi connectivity index (χ0n) is 16.4. The Morgan fingerprint density at radius 1 is 1.33 bits per heavy atom. The minimum absolute atomic E-state index is 0.234. The second-order valence-corrected chi connectivity index (χ2v) is 6.92. The Hall–Kier alpha value is -1.70. The van der Waals surface area contributed by atoms with E-state index in [1.807, 2.05) is 46.8 Å². The molecule has 1 aliphatic carbocycles. The zero-order valence-corrected chi connectivity index (χ0v) is 16.4. The summed E-state index contributed by atoms with van der Waals surface area (Å²) in [5.41, 5.74) is 3.87. The highest BCUT2D eigenvalue weighted by Gasteiger charge is 2.38. The lowest BCUT2D eigenvalue weighted by Crippen LogP contribution is -2.32. The molecule has 0 radical (unpaired) electrons. The van der Waals surface area contributed by atoms with Crippen LogP contribution in [0.3, 0.4) is 0 Å². The first-order valence-corrected chi connectivity index (χ1v) is 9.25. The van der Waals surface area contributed by atoms with Crippen LogP contribution in [0.4, 0.5) is 0 Å². The van der Waals surface area contributed by atoms with Crippen molar-refractivity contribution in [3.8, 4) is 0 Å². The zero-order chi connectivity index (χ0) is 18.3. The van der Waals surface area contributed by atoms with Crippen LogP contribution in [0.2, 0.25) is 0 Å². The molecule has 1 unspecified atom stereocenters. The van der Waals surface area contributed by atoms with Crippen molar-refractivity contribution in [3.63, 3.8) is 0 Å². The van der Waals surface area contributed by atoms with Crippen LogP contribution in [0, 0.1) is 5.41 Å². The van der Waals surface area contributed by atoms with E-state index in [4.69, 9.17) is 4.98 Å². The molecule has 0 aliphatic heterocycles. The van der Waals surface area contributed by atoms with E-state index >= 15 is 0 Å². The number of aromatic nitrogens is 1. The van der Waals surface area contributed by atoms with Gasteiger partial charge in [0.15, 0.2) is 5.78 Å². The van der Waals surface area contributed by atoms with Crippen LogP contribution in [0.5, 0.6) is 0 Å². The van der Waals surface area contributed by atoms with E-state index in [0.29, 0.717) is 5.92 Å². The molecule has 1 aromatic rings. The fourth-order valence-electron chi connectivity index (χ4n) is 3.39. The van der Waals surface area contributed by atoms with Gasteiger partial charge >= 0.3 is 0 Å². The number of fused-ring (bicyclic) bond motifs is 1. The summed E-state index contributed by atoms with van der Waals surface area (Å²) in [6.07, 6.45) is 9.17. The highest BCUT2D eigenvalue weighted by atomic mass is 16.1. The molecular weight excluding hydrogens is 294 g/mol. The average molecular weight is 328 g/mol. The van der Waals surface area contributed by atoms with Gasteiger partial charge < -0.3 is 0 Å². The predicted molar refractivity (Wildman–Crippen MR) is 104 cm³/mol. The van der Waals surface area contributed by atoms with Gasteiger partial charge in [0.1, 0.15) is 0 Å². The van der Waals surface area contributed by atoms with Gasteiger partial charge in [0.25, 0.3) is 0 Å². The molecule has 1 atom stereocenters. The Balaban J connectivity index is 0.00000139. The van der Waals surface area contributed by atoms with E-state index in [2.05, 4.69) is 32.1 Å². The molecule has 1 aliphatic rings. The molecule has 0 saturated carbocycles. The molecule has 0 aromatic carbocycles. The van der Waals surface area contributed by atoms with Gasteiger partial charge in [0.2, 0.25) is 0 Å². The van der Waals surface area contributed by atoms with Gasteiger partial charge in [-0.05, 0) is 37.5 Å². The van der Waals surface area contributed by atoms with Crippen molar-refractivity contribution in [3.05, 3.63) is 52.9 Å². The van der Waals surface area contributed by atoms with Crippen LogP contribution in [-0.4, -0.2) is 10.8 Å². The number of nitrogens with zero attached hydrogens (tertiary/aromatic N) is 1. The van der Waals surface area contributed by atoms with Gasteiger partial charge in [-0.2, -0.15) is 0 Å². The normalized spacial score (nSPS) is 19.7. The predicted octanol–water partition coefficient (Wildman–Crippen LogP) is 6.28. The maximum absolute atomic E-state index is 12.6. The quantitative estimate of drug-likeness (QED) is 0.609. The lowest BCUT2D eigenvalue weighted by atomic mass is 9.70. The SMILES string of the molecule is C/C=C\C(=C/CC)Cc1ccc2c(n1)C(C)CC(C)(C)C2=O.CC. The number of allylic oxidation sites excluding steroid dienone is 4. The second-order valence-electron chi connectivity index (χ2n) is 6.92. The Bertz CT molecular complexity index is 623. The maximum atomic E-state index is 12.6. The van der Waals surface area contributed by atoms with E-state index in [1.54, 1.807) is 0 Å². The van der Waals surface area contributed by atoms with Gasteiger partial charge in [-0.25, -0.2) is 0 Å². The third kappa shape index (κ3) is 4.66. The molecule has 0 fully saturated rings. The Labute approximate surface area is 148 Å². The number of Topliss-reactive ketones (excluding diaryl/α,β-unsaturated/α-hetero) is 1. The smallest absolute Gasteiger partial charge is 0.170 e. The van der Waals surface area contributed by atoms with Crippen LogP contribution < -0.4 is 0 Å². The molecule has 0 spiro atoms. The first-order valence-electron chi connectivity index (χ1n) is 9.25. The highest BCUT2D eigenvalue weighted by molar-refractivity contribution is 6.02. The minimum atomic E-state index is -0.270. The Kier molecular flexibility index (Phi) is 7.59. The number of pyridine rings is 1. The van der Waals surface area contributed by atoms with Gasteiger partial charge in [0.05, 0.1) is 5.69 Å². The lowest BCUT2D eigenvalue weighted by Gasteiger charge is -2.33. The van der Waals surface area contributed by atoms with Crippen molar-refractivity contribution in [2.75, 3.05) is 0 Å². The second kappa shape index (κ2) is 8.96. The number of carbonyl (C=O) groups is 1. The molecule has 0 bridgehead atoms. The first kappa shape index (κ1) is 20.3. The largest absolute Gasteiger partial charge is 0.294 e. The molecular formula is C22H33NO. The molecule has 132 valence electrons. The van der Waals surface area contributed by atoms with E-state index in [0.717, 1.165) is 36.2 Å². The summed E-state index contributed by atoms with van der Waals surface area (Å²) >= 11 is 0. The van der Waals surface area contributed by atoms with Crippen LogP contribution in [0.25, 0.3) is 0 Å². The van der Waals surface area contributed by atoms with E-state index < -0.39 is 0 Å². The van der Waals surface area contributed by atoms with E-state index in [9.17, 15) is 4.79 Å². The molecule has 24 heavy (non-hydrogen) atoms. The molecule has 2 nitrogen and oxygen atoms in total. The number of ketones is 1. The van der Waals surface area contributed by atoms with Gasteiger partial charge in [-0.1, -0.05) is 59.8 Å². The summed E-state index contributed by atoms with van der Waals surface area (Å²) in [6.45, 7) is 14.4. The Morgan fingerprint density at radius 2 is 2.00 bits per heavy atom. The van der Waals surface area contributed by atoms with Crippen molar-refractivity contribution in [1.29, 1.82) is 0 Å². The third-order valence-electron chi connectivity index (χ3n) is 4.36. The number of hydrogen-bond acceptors (Lipinski definition) is 2. The fraction of sp³-hybridized carbons (Fsp3) is 0.545. The summed E-state index contributed by atoms with van der Waals surface area (Å²) in [7, 11) is 0. The fourth-order valence-corrected chi connectivity index (χ4v) is 3.39. The lowest BCUT2D eigenvalue weighted by molar-refractivity contribution is 0.0795. The minimum Gasteiger partial charge on any atom is -0.294 e. The maximum Gasteiger partial charge on any atom is 0.170 e. The monoisotopic (exact) mass is 327 g/mol. The van der Waals surface area contributed by atoms with Crippen molar-refractivity contribution in [1.82, 2.24) is 4.98 Å². The average Bonchev–Trinajstić information content (AvgIpc) is 2.55. The molecule has 0 amide bonds. The van der Waals surface area contributed by atoms with Crippen molar-refractivity contribution in [2.24, 2.45) is 5.41 Å². The summed E-state index contributed by atoms with van der Waals surface area (Å²) in [4.78, 5) is 17.4. The van der Waals surface area contributed by atoms with Gasteiger partial charge in [0, 0.05) is 29.0 Å². The third-order valence-corrected chi connectivity index (χ3v) is 4.36. The molecule has 2 rings (SSSR count). The van der Waals surface area contributed by atoms with Gasteiger partial charge in [-0.15, -0.1) is 0 Å². The van der Waals surface area contributed by atoms with Crippen LogP contribution >= 0.6 is 0 Å². The van der Waals surface area contributed by atoms with Gasteiger partial charge in [-0.3, -0.25) is 9.78 Å². The number of carbonyl (C=O) groups excluding carboxylic acids is 1. The van der Waals surface area contributed by atoms with E-state index in [-0.39, 0.29) is 11.2 Å².